The first kappa shape index (κ1) is 21.0. The van der Waals surface area contributed by atoms with E-state index in [2.05, 4.69) is 4.72 Å². The number of likely N-dealkylation sites (tertiary alicyclic amines) is 1. The lowest BCUT2D eigenvalue weighted by Gasteiger charge is -2.15. The smallest absolute Gasteiger partial charge is 0.338 e. The van der Waals surface area contributed by atoms with Gasteiger partial charge in [-0.3, -0.25) is 4.79 Å². The molecule has 8 heteroatoms. The van der Waals surface area contributed by atoms with Gasteiger partial charge in [-0.15, -0.1) is 0 Å². The van der Waals surface area contributed by atoms with E-state index < -0.39 is 16.0 Å². The van der Waals surface area contributed by atoms with Crippen LogP contribution in [0.5, 0.6) is 0 Å². The van der Waals surface area contributed by atoms with Gasteiger partial charge in [0.15, 0.2) is 0 Å². The molecule has 1 saturated heterocycles. The summed E-state index contributed by atoms with van der Waals surface area (Å²) in [5, 5.41) is 0. The van der Waals surface area contributed by atoms with Crippen molar-refractivity contribution in [2.45, 2.75) is 37.8 Å². The van der Waals surface area contributed by atoms with E-state index in [1.165, 1.54) is 19.2 Å². The lowest BCUT2D eigenvalue weighted by atomic mass is 10.1. The van der Waals surface area contributed by atoms with Crippen molar-refractivity contribution in [2.24, 2.45) is 0 Å². The maximum atomic E-state index is 12.6. The Morgan fingerprint density at radius 1 is 1.14 bits per heavy atom. The molecule has 0 aromatic heterocycles. The number of ether oxygens (including phenoxy) is 1. The fourth-order valence-corrected chi connectivity index (χ4v) is 4.26. The van der Waals surface area contributed by atoms with E-state index in [0.717, 1.165) is 24.1 Å². The number of nitrogens with zero attached hydrogens (tertiary/aromatic N) is 1. The van der Waals surface area contributed by atoms with Crippen molar-refractivity contribution < 1.29 is 22.7 Å². The average Bonchev–Trinajstić information content (AvgIpc) is 3.11. The second-order valence-corrected chi connectivity index (χ2v) is 8.80. The molecule has 0 spiro atoms. The van der Waals surface area contributed by atoms with Crippen molar-refractivity contribution >= 4 is 21.9 Å². The number of hydrogen-bond acceptors (Lipinski definition) is 5. The topological polar surface area (TPSA) is 92.8 Å². The number of rotatable bonds is 7. The van der Waals surface area contributed by atoms with Crippen LogP contribution in [0.4, 0.5) is 0 Å². The molecule has 3 rings (SSSR count). The second-order valence-electron chi connectivity index (χ2n) is 7.03. The molecular weight excluding hydrogens is 392 g/mol. The lowest BCUT2D eigenvalue weighted by molar-refractivity contribution is -0.128. The van der Waals surface area contributed by atoms with Gasteiger partial charge in [0.1, 0.15) is 0 Å². The fraction of sp³-hybridized carbons (Fsp3) is 0.333. The van der Waals surface area contributed by atoms with Crippen LogP contribution in [0.2, 0.25) is 0 Å². The molecule has 2 aromatic carbocycles. The maximum absolute atomic E-state index is 12.6. The fourth-order valence-electron chi connectivity index (χ4n) is 3.21. The number of carbonyl (C=O) groups is 2. The zero-order valence-electron chi connectivity index (χ0n) is 16.5. The highest BCUT2D eigenvalue weighted by Crippen LogP contribution is 2.18. The van der Waals surface area contributed by atoms with Gasteiger partial charge < -0.3 is 9.64 Å². The van der Waals surface area contributed by atoms with Crippen molar-refractivity contribution in [3.63, 3.8) is 0 Å². The Balaban J connectivity index is 1.66. The van der Waals surface area contributed by atoms with Crippen LogP contribution in [0.1, 0.15) is 39.9 Å². The molecule has 0 unspecified atom stereocenters. The summed E-state index contributed by atoms with van der Waals surface area (Å²) in [6.07, 6.45) is 1.51. The standard InChI is InChI=1S/C21H24N2O5S/c1-15-5-10-18(12-19(15)21(25)28-2)29(26,27)22-13-16-6-8-17(9-7-16)14-23-11-3-4-20(23)24/h5-10,12,22H,3-4,11,13-14H2,1-2H3. The highest BCUT2D eigenvalue weighted by Gasteiger charge is 2.20. The molecule has 0 atom stereocenters. The Hall–Kier alpha value is -2.71. The third-order valence-electron chi connectivity index (χ3n) is 4.96. The van der Waals surface area contributed by atoms with Gasteiger partial charge in [0.2, 0.25) is 15.9 Å². The van der Waals surface area contributed by atoms with Gasteiger partial charge in [0.05, 0.1) is 17.6 Å². The van der Waals surface area contributed by atoms with Crippen molar-refractivity contribution in [3.8, 4) is 0 Å². The molecule has 7 nitrogen and oxygen atoms in total. The molecule has 0 saturated carbocycles. The van der Waals surface area contributed by atoms with Crippen molar-refractivity contribution in [3.05, 3.63) is 64.7 Å². The van der Waals surface area contributed by atoms with Crippen molar-refractivity contribution in [1.82, 2.24) is 9.62 Å². The van der Waals surface area contributed by atoms with Crippen LogP contribution in [0, 0.1) is 6.92 Å². The molecule has 1 fully saturated rings. The van der Waals surface area contributed by atoms with Crippen LogP contribution >= 0.6 is 0 Å². The van der Waals surface area contributed by atoms with Gasteiger partial charge in [0, 0.05) is 26.1 Å². The predicted molar refractivity (Wildman–Crippen MR) is 108 cm³/mol. The van der Waals surface area contributed by atoms with Gasteiger partial charge in [-0.1, -0.05) is 30.3 Å². The quantitative estimate of drug-likeness (QED) is 0.700. The molecule has 154 valence electrons. The number of hydrogen-bond donors (Lipinski definition) is 1. The van der Waals surface area contributed by atoms with E-state index >= 15 is 0 Å². The summed E-state index contributed by atoms with van der Waals surface area (Å²) in [7, 11) is -2.53. The molecule has 1 heterocycles. The minimum absolute atomic E-state index is 0.00710. The Morgan fingerprint density at radius 3 is 2.45 bits per heavy atom. The molecule has 0 radical (unpaired) electrons. The number of aryl methyl sites for hydroxylation is 1. The third kappa shape index (κ3) is 5.02. The molecule has 29 heavy (non-hydrogen) atoms. The van der Waals surface area contributed by atoms with Crippen LogP contribution in [-0.2, 0) is 32.6 Å². The highest BCUT2D eigenvalue weighted by atomic mass is 32.2. The first-order valence-electron chi connectivity index (χ1n) is 9.34. The number of esters is 1. The van der Waals surface area contributed by atoms with E-state index in [4.69, 9.17) is 4.74 Å². The molecule has 0 bridgehead atoms. The third-order valence-corrected chi connectivity index (χ3v) is 6.36. The normalized spacial score (nSPS) is 14.3. The Kier molecular flexibility index (Phi) is 6.34. The van der Waals surface area contributed by atoms with Gasteiger partial charge in [0.25, 0.3) is 0 Å². The summed E-state index contributed by atoms with van der Waals surface area (Å²) in [6, 6.07) is 11.8. The number of nitrogens with one attached hydrogen (secondary N) is 1. The van der Waals surface area contributed by atoms with Crippen molar-refractivity contribution in [1.29, 1.82) is 0 Å². The molecule has 1 amide bonds. The Morgan fingerprint density at radius 2 is 1.83 bits per heavy atom. The number of carbonyl (C=O) groups excluding carboxylic acids is 2. The van der Waals surface area contributed by atoms with E-state index in [0.29, 0.717) is 18.5 Å². The average molecular weight is 416 g/mol. The summed E-state index contributed by atoms with van der Waals surface area (Å²) < 4.78 is 32.5. The van der Waals surface area contributed by atoms with Gasteiger partial charge in [-0.2, -0.15) is 0 Å². The van der Waals surface area contributed by atoms with Gasteiger partial charge in [-0.05, 0) is 42.2 Å². The largest absolute Gasteiger partial charge is 0.465 e. The highest BCUT2D eigenvalue weighted by molar-refractivity contribution is 7.89. The first-order valence-corrected chi connectivity index (χ1v) is 10.8. The number of sulfonamides is 1. The maximum Gasteiger partial charge on any atom is 0.338 e. The number of benzene rings is 2. The minimum Gasteiger partial charge on any atom is -0.465 e. The van der Waals surface area contributed by atoms with Gasteiger partial charge >= 0.3 is 5.97 Å². The first-order chi connectivity index (χ1) is 13.8. The molecule has 1 aliphatic rings. The lowest BCUT2D eigenvalue weighted by Crippen LogP contribution is -2.24. The number of methoxy groups -OCH3 is 1. The summed E-state index contributed by atoms with van der Waals surface area (Å²) in [5.41, 5.74) is 2.66. The van der Waals surface area contributed by atoms with Crippen LogP contribution in [-0.4, -0.2) is 38.8 Å². The summed E-state index contributed by atoms with van der Waals surface area (Å²) in [6.45, 7) is 3.19. The monoisotopic (exact) mass is 416 g/mol. The van der Waals surface area contributed by atoms with Gasteiger partial charge in [-0.25, -0.2) is 17.9 Å². The van der Waals surface area contributed by atoms with Crippen molar-refractivity contribution in [2.75, 3.05) is 13.7 Å². The Bertz CT molecular complexity index is 1020. The predicted octanol–water partition coefficient (Wildman–Crippen LogP) is 2.38. The van der Waals surface area contributed by atoms with Crippen LogP contribution in [0.15, 0.2) is 47.4 Å². The molecular formula is C21H24N2O5S. The van der Waals surface area contributed by atoms with E-state index in [1.807, 2.05) is 29.2 Å². The molecule has 1 N–H and O–H groups in total. The summed E-state index contributed by atoms with van der Waals surface area (Å²) in [5.74, 6) is -0.405. The van der Waals surface area contributed by atoms with E-state index in [1.54, 1.807) is 13.0 Å². The minimum atomic E-state index is -3.79. The SMILES string of the molecule is COC(=O)c1cc(S(=O)(=O)NCc2ccc(CN3CCCC3=O)cc2)ccc1C. The van der Waals surface area contributed by atoms with E-state index in [-0.39, 0.29) is 22.9 Å². The Labute approximate surface area is 170 Å². The molecule has 2 aromatic rings. The van der Waals surface area contributed by atoms with E-state index in [9.17, 15) is 18.0 Å². The number of amides is 1. The zero-order chi connectivity index (χ0) is 21.0. The van der Waals surface area contributed by atoms with Crippen LogP contribution in [0.25, 0.3) is 0 Å². The molecule has 1 aliphatic heterocycles. The molecule has 0 aliphatic carbocycles. The van der Waals surface area contributed by atoms with Crippen LogP contribution < -0.4 is 4.72 Å². The summed E-state index contributed by atoms with van der Waals surface area (Å²) >= 11 is 0. The van der Waals surface area contributed by atoms with Crippen LogP contribution in [0.3, 0.4) is 0 Å². The second kappa shape index (κ2) is 8.75. The zero-order valence-corrected chi connectivity index (χ0v) is 17.3. The summed E-state index contributed by atoms with van der Waals surface area (Å²) in [4.78, 5) is 25.4.